The molecule has 0 saturated heterocycles. The van der Waals surface area contributed by atoms with Gasteiger partial charge < -0.3 is 20.1 Å². The molecule has 2 N–H and O–H groups in total. The molecule has 0 radical (unpaired) electrons. The van der Waals surface area contributed by atoms with E-state index in [0.29, 0.717) is 36.1 Å². The maximum atomic E-state index is 11.9. The first kappa shape index (κ1) is 13.8. The van der Waals surface area contributed by atoms with Crippen molar-refractivity contribution in [3.05, 3.63) is 46.9 Å². The minimum atomic E-state index is -0.311. The fourth-order valence-electron chi connectivity index (χ4n) is 1.95. The number of hydrogen-bond donors (Lipinski definition) is 2. The Morgan fingerprint density at radius 1 is 0.905 bits per heavy atom. The SMILES string of the molecule is O=C(Nc1ccc(Br)cc1)Nc1ccc2c(c1)OCCO2. The highest BCUT2D eigenvalue weighted by Crippen LogP contribution is 2.32. The summed E-state index contributed by atoms with van der Waals surface area (Å²) in [5.41, 5.74) is 1.36. The lowest BCUT2D eigenvalue weighted by molar-refractivity contribution is 0.171. The monoisotopic (exact) mass is 348 g/mol. The van der Waals surface area contributed by atoms with Crippen LogP contribution in [0.3, 0.4) is 0 Å². The third-order valence-electron chi connectivity index (χ3n) is 2.90. The van der Waals surface area contributed by atoms with Gasteiger partial charge in [-0.25, -0.2) is 4.79 Å². The van der Waals surface area contributed by atoms with Gasteiger partial charge in [-0.2, -0.15) is 0 Å². The maximum Gasteiger partial charge on any atom is 0.323 e. The van der Waals surface area contributed by atoms with Crippen molar-refractivity contribution in [2.45, 2.75) is 0 Å². The molecule has 6 heteroatoms. The minimum Gasteiger partial charge on any atom is -0.486 e. The van der Waals surface area contributed by atoms with E-state index in [9.17, 15) is 4.79 Å². The van der Waals surface area contributed by atoms with Gasteiger partial charge in [0.1, 0.15) is 13.2 Å². The smallest absolute Gasteiger partial charge is 0.323 e. The van der Waals surface area contributed by atoms with E-state index in [1.807, 2.05) is 24.3 Å². The van der Waals surface area contributed by atoms with E-state index >= 15 is 0 Å². The van der Waals surface area contributed by atoms with E-state index in [1.54, 1.807) is 18.2 Å². The van der Waals surface area contributed by atoms with Crippen molar-refractivity contribution in [2.24, 2.45) is 0 Å². The van der Waals surface area contributed by atoms with Crippen molar-refractivity contribution in [3.63, 3.8) is 0 Å². The summed E-state index contributed by atoms with van der Waals surface area (Å²) in [6.45, 7) is 1.06. The van der Waals surface area contributed by atoms with Crippen LogP contribution in [-0.2, 0) is 0 Å². The average molecular weight is 349 g/mol. The zero-order valence-electron chi connectivity index (χ0n) is 11.1. The van der Waals surface area contributed by atoms with Crippen LogP contribution in [0.2, 0.25) is 0 Å². The van der Waals surface area contributed by atoms with Crippen molar-refractivity contribution in [3.8, 4) is 11.5 Å². The van der Waals surface area contributed by atoms with E-state index in [-0.39, 0.29) is 6.03 Å². The van der Waals surface area contributed by atoms with Crippen molar-refractivity contribution in [1.82, 2.24) is 0 Å². The molecule has 0 atom stereocenters. The molecule has 5 nitrogen and oxygen atoms in total. The molecule has 0 bridgehead atoms. The summed E-state index contributed by atoms with van der Waals surface area (Å²) in [7, 11) is 0. The van der Waals surface area contributed by atoms with E-state index < -0.39 is 0 Å². The zero-order valence-corrected chi connectivity index (χ0v) is 12.6. The first-order chi connectivity index (χ1) is 10.2. The van der Waals surface area contributed by atoms with Crippen molar-refractivity contribution in [1.29, 1.82) is 0 Å². The summed E-state index contributed by atoms with van der Waals surface area (Å²) in [5.74, 6) is 1.34. The van der Waals surface area contributed by atoms with Gasteiger partial charge in [-0.1, -0.05) is 15.9 Å². The number of anilines is 2. The standard InChI is InChI=1S/C15H13BrN2O3/c16-10-1-3-11(4-2-10)17-15(19)18-12-5-6-13-14(9-12)21-8-7-20-13/h1-6,9H,7-8H2,(H2,17,18,19). The van der Waals surface area contributed by atoms with Crippen molar-refractivity contribution < 1.29 is 14.3 Å². The third-order valence-corrected chi connectivity index (χ3v) is 3.43. The number of halogens is 1. The Balaban J connectivity index is 1.65. The Bertz CT molecular complexity index is 658. The summed E-state index contributed by atoms with van der Waals surface area (Å²) >= 11 is 3.35. The van der Waals surface area contributed by atoms with Crippen LogP contribution in [0, 0.1) is 0 Å². The molecule has 1 aliphatic rings. The van der Waals surface area contributed by atoms with Crippen LogP contribution in [-0.4, -0.2) is 19.2 Å². The predicted molar refractivity (Wildman–Crippen MR) is 84.2 cm³/mol. The number of rotatable bonds is 2. The molecule has 1 aliphatic heterocycles. The molecular weight excluding hydrogens is 336 g/mol. The summed E-state index contributed by atoms with van der Waals surface area (Å²) in [4.78, 5) is 11.9. The Kier molecular flexibility index (Phi) is 3.96. The molecule has 2 amide bonds. The summed E-state index contributed by atoms with van der Waals surface area (Å²) in [6, 6.07) is 12.3. The first-order valence-electron chi connectivity index (χ1n) is 6.44. The van der Waals surface area contributed by atoms with Gasteiger partial charge >= 0.3 is 6.03 Å². The molecule has 2 aromatic carbocycles. The topological polar surface area (TPSA) is 59.6 Å². The van der Waals surface area contributed by atoms with Crippen LogP contribution in [0.5, 0.6) is 11.5 Å². The van der Waals surface area contributed by atoms with Gasteiger partial charge in [0.2, 0.25) is 0 Å². The van der Waals surface area contributed by atoms with Gasteiger partial charge in [-0.05, 0) is 36.4 Å². The van der Waals surface area contributed by atoms with Gasteiger partial charge in [0.15, 0.2) is 11.5 Å². The summed E-state index contributed by atoms with van der Waals surface area (Å²) in [5, 5.41) is 5.51. The highest BCUT2D eigenvalue weighted by Gasteiger charge is 2.12. The third kappa shape index (κ3) is 3.46. The Morgan fingerprint density at radius 3 is 2.29 bits per heavy atom. The zero-order chi connectivity index (χ0) is 14.7. The molecule has 0 aromatic heterocycles. The molecular formula is C15H13BrN2O3. The number of benzene rings is 2. The molecule has 0 aliphatic carbocycles. The summed E-state index contributed by atoms with van der Waals surface area (Å²) < 4.78 is 11.9. The lowest BCUT2D eigenvalue weighted by Crippen LogP contribution is -2.20. The lowest BCUT2D eigenvalue weighted by atomic mass is 10.2. The number of urea groups is 1. The lowest BCUT2D eigenvalue weighted by Gasteiger charge is -2.19. The average Bonchev–Trinajstić information content (AvgIpc) is 2.49. The molecule has 108 valence electrons. The highest BCUT2D eigenvalue weighted by molar-refractivity contribution is 9.10. The van der Waals surface area contributed by atoms with E-state index in [4.69, 9.17) is 9.47 Å². The second-order valence-electron chi connectivity index (χ2n) is 4.44. The number of nitrogens with one attached hydrogen (secondary N) is 2. The Labute approximate surface area is 130 Å². The first-order valence-corrected chi connectivity index (χ1v) is 7.23. The second kappa shape index (κ2) is 6.05. The Morgan fingerprint density at radius 2 is 1.52 bits per heavy atom. The molecule has 2 aromatic rings. The van der Waals surface area contributed by atoms with Gasteiger partial charge in [0.05, 0.1) is 0 Å². The van der Waals surface area contributed by atoms with E-state index in [2.05, 4.69) is 26.6 Å². The number of carbonyl (C=O) groups is 1. The number of hydrogen-bond acceptors (Lipinski definition) is 3. The van der Waals surface area contributed by atoms with Gasteiger partial charge in [0.25, 0.3) is 0 Å². The van der Waals surface area contributed by atoms with Crippen LogP contribution >= 0.6 is 15.9 Å². The van der Waals surface area contributed by atoms with Crippen LogP contribution in [0.4, 0.5) is 16.2 Å². The fourth-order valence-corrected chi connectivity index (χ4v) is 2.21. The van der Waals surface area contributed by atoms with Gasteiger partial charge in [-0.3, -0.25) is 0 Å². The molecule has 0 fully saturated rings. The molecule has 0 unspecified atom stereocenters. The van der Waals surface area contributed by atoms with Crippen molar-refractivity contribution >= 4 is 33.3 Å². The van der Waals surface area contributed by atoms with E-state index in [1.165, 1.54) is 0 Å². The highest BCUT2D eigenvalue weighted by atomic mass is 79.9. The quantitative estimate of drug-likeness (QED) is 0.866. The molecule has 0 spiro atoms. The summed E-state index contributed by atoms with van der Waals surface area (Å²) in [6.07, 6.45) is 0. The largest absolute Gasteiger partial charge is 0.486 e. The molecule has 3 rings (SSSR count). The fraction of sp³-hybridized carbons (Fsp3) is 0.133. The van der Waals surface area contributed by atoms with Gasteiger partial charge in [-0.15, -0.1) is 0 Å². The number of fused-ring (bicyclic) bond motifs is 1. The Hall–Kier alpha value is -2.21. The van der Waals surface area contributed by atoms with Crippen LogP contribution in [0.25, 0.3) is 0 Å². The number of amides is 2. The number of ether oxygens (including phenoxy) is 2. The second-order valence-corrected chi connectivity index (χ2v) is 5.36. The van der Waals surface area contributed by atoms with Crippen LogP contribution < -0.4 is 20.1 Å². The maximum absolute atomic E-state index is 11.9. The molecule has 21 heavy (non-hydrogen) atoms. The van der Waals surface area contributed by atoms with Gasteiger partial charge in [0, 0.05) is 21.9 Å². The van der Waals surface area contributed by atoms with Crippen LogP contribution in [0.15, 0.2) is 46.9 Å². The normalized spacial score (nSPS) is 12.6. The van der Waals surface area contributed by atoms with Crippen molar-refractivity contribution in [2.75, 3.05) is 23.8 Å². The van der Waals surface area contributed by atoms with Crippen LogP contribution in [0.1, 0.15) is 0 Å². The van der Waals surface area contributed by atoms with E-state index in [0.717, 1.165) is 4.47 Å². The predicted octanol–water partition coefficient (Wildman–Crippen LogP) is 3.86. The molecule has 0 saturated carbocycles. The minimum absolute atomic E-state index is 0.311. The molecule has 1 heterocycles. The number of carbonyl (C=O) groups excluding carboxylic acids is 1.